The molecule has 7 nitrogen and oxygen atoms in total. The van der Waals surface area contributed by atoms with Crippen LogP contribution in [0.3, 0.4) is 0 Å². The van der Waals surface area contributed by atoms with Gasteiger partial charge in [0.25, 0.3) is 0 Å². The van der Waals surface area contributed by atoms with Gasteiger partial charge in [0.1, 0.15) is 0 Å². The van der Waals surface area contributed by atoms with Crippen LogP contribution < -0.4 is 0 Å². The van der Waals surface area contributed by atoms with Crippen molar-refractivity contribution in [3.05, 3.63) is 36.0 Å². The van der Waals surface area contributed by atoms with E-state index in [0.717, 1.165) is 16.5 Å². The van der Waals surface area contributed by atoms with E-state index in [-0.39, 0.29) is 19.0 Å². The minimum atomic E-state index is -1.46. The Kier molecular flexibility index (Phi) is 5.39. The number of nitrogens with one attached hydrogen (secondary N) is 1. The predicted molar refractivity (Wildman–Crippen MR) is 105 cm³/mol. The number of ether oxygens (including phenoxy) is 2. The van der Waals surface area contributed by atoms with Crippen LogP contribution in [0.4, 0.5) is 4.79 Å². The highest BCUT2D eigenvalue weighted by Crippen LogP contribution is 2.31. The summed E-state index contributed by atoms with van der Waals surface area (Å²) in [4.78, 5) is 28.7. The lowest BCUT2D eigenvalue weighted by molar-refractivity contribution is -0.155. The fraction of sp³-hybridized carbons (Fsp3) is 0.524. The maximum Gasteiger partial charge on any atom is 0.412 e. The molecule has 0 bridgehead atoms. The lowest BCUT2D eigenvalue weighted by atomic mass is 9.97. The van der Waals surface area contributed by atoms with Crippen LogP contribution in [-0.4, -0.2) is 52.0 Å². The highest BCUT2D eigenvalue weighted by Gasteiger charge is 2.50. The molecule has 0 radical (unpaired) electrons. The van der Waals surface area contributed by atoms with Gasteiger partial charge in [-0.2, -0.15) is 0 Å². The topological polar surface area (TPSA) is 91.9 Å². The minimum Gasteiger partial charge on any atom is -0.465 e. The van der Waals surface area contributed by atoms with Gasteiger partial charge in [0.2, 0.25) is 0 Å². The fourth-order valence-electron chi connectivity index (χ4n) is 3.35. The summed E-state index contributed by atoms with van der Waals surface area (Å²) < 4.78 is 10.6. The number of aromatic amines is 1. The van der Waals surface area contributed by atoms with E-state index in [1.807, 2.05) is 30.5 Å². The van der Waals surface area contributed by atoms with Crippen molar-refractivity contribution in [2.75, 3.05) is 13.2 Å². The number of carbonyl (C=O) groups is 2. The Hall–Kier alpha value is -2.54. The van der Waals surface area contributed by atoms with Crippen LogP contribution in [0.25, 0.3) is 10.9 Å². The number of nitrogens with zero attached hydrogens (tertiary/aromatic N) is 1. The number of cyclic esters (lactones) is 1. The van der Waals surface area contributed by atoms with Gasteiger partial charge < -0.3 is 19.6 Å². The van der Waals surface area contributed by atoms with Crippen LogP contribution in [0, 0.1) is 5.41 Å². The summed E-state index contributed by atoms with van der Waals surface area (Å²) >= 11 is 0. The van der Waals surface area contributed by atoms with Gasteiger partial charge in [-0.3, -0.25) is 9.69 Å². The number of para-hydroxylation sites is 1. The molecule has 1 unspecified atom stereocenters. The third-order valence-electron chi connectivity index (χ3n) is 5.13. The van der Waals surface area contributed by atoms with E-state index in [1.165, 1.54) is 4.90 Å². The van der Waals surface area contributed by atoms with Gasteiger partial charge in [-0.25, -0.2) is 4.79 Å². The maximum absolute atomic E-state index is 12.3. The second kappa shape index (κ2) is 7.47. The molecular formula is C21H28N2O5. The molecule has 0 spiro atoms. The Bertz CT molecular complexity index is 865. The summed E-state index contributed by atoms with van der Waals surface area (Å²) in [5.74, 6) is -0.326. The first-order valence-corrected chi connectivity index (χ1v) is 9.53. The second-order valence-electron chi connectivity index (χ2n) is 8.40. The molecule has 28 heavy (non-hydrogen) atoms. The molecule has 1 aliphatic heterocycles. The van der Waals surface area contributed by atoms with Gasteiger partial charge in [0.15, 0.2) is 11.8 Å². The molecule has 3 rings (SSSR count). The number of hydrogen-bond acceptors (Lipinski definition) is 5. The van der Waals surface area contributed by atoms with Crippen molar-refractivity contribution in [3.8, 4) is 0 Å². The number of hydrogen-bond donors (Lipinski definition) is 2. The monoisotopic (exact) mass is 388 g/mol. The lowest BCUT2D eigenvalue weighted by Gasteiger charge is -2.30. The molecule has 1 fully saturated rings. The number of aliphatic hydroxyl groups is 1. The van der Waals surface area contributed by atoms with Crippen molar-refractivity contribution in [3.63, 3.8) is 0 Å². The zero-order valence-electron chi connectivity index (χ0n) is 16.8. The van der Waals surface area contributed by atoms with Crippen LogP contribution in [0.5, 0.6) is 0 Å². The average molecular weight is 388 g/mol. The molecule has 0 saturated carbocycles. The van der Waals surface area contributed by atoms with E-state index in [1.54, 1.807) is 27.7 Å². The summed E-state index contributed by atoms with van der Waals surface area (Å²) in [5.41, 5.74) is 0.0472. The van der Waals surface area contributed by atoms with Crippen LogP contribution in [-0.2, 0) is 20.7 Å². The Morgan fingerprint density at radius 1 is 1.36 bits per heavy atom. The number of rotatable bonds is 6. The van der Waals surface area contributed by atoms with Crippen molar-refractivity contribution in [1.29, 1.82) is 0 Å². The van der Waals surface area contributed by atoms with Gasteiger partial charge in [-0.05, 0) is 45.7 Å². The molecule has 1 aromatic carbocycles. The summed E-state index contributed by atoms with van der Waals surface area (Å²) in [5, 5.41) is 12.0. The standard InChI is InChI=1S/C21H28N2O5/c1-20(2,3)18(24)27-12-10-17-21(4,26)23(19(25)28-17)11-9-14-13-22-16-8-6-5-7-15(14)16/h5-8,13,17,22,26H,9-12H2,1-4H3/t17-,21?/m0/s1. The third kappa shape index (κ3) is 3.99. The van der Waals surface area contributed by atoms with E-state index >= 15 is 0 Å². The zero-order valence-corrected chi connectivity index (χ0v) is 16.8. The Morgan fingerprint density at radius 2 is 2.07 bits per heavy atom. The van der Waals surface area contributed by atoms with Gasteiger partial charge in [-0.15, -0.1) is 0 Å². The van der Waals surface area contributed by atoms with Crippen LogP contribution in [0.1, 0.15) is 39.7 Å². The third-order valence-corrected chi connectivity index (χ3v) is 5.13. The molecule has 1 aliphatic rings. The summed E-state index contributed by atoms with van der Waals surface area (Å²) in [6, 6.07) is 7.94. The van der Waals surface area contributed by atoms with Gasteiger partial charge in [0, 0.05) is 30.1 Å². The number of amides is 1. The molecule has 2 atom stereocenters. The average Bonchev–Trinajstić information content (AvgIpc) is 3.11. The van der Waals surface area contributed by atoms with Gasteiger partial charge in [-0.1, -0.05) is 18.2 Å². The SMILES string of the molecule is CC(C)(C)C(=O)OCC[C@@H]1OC(=O)N(CCc2c[nH]c3ccccc23)C1(C)O. The first kappa shape index (κ1) is 20.2. The Labute approximate surface area is 164 Å². The van der Waals surface area contributed by atoms with E-state index < -0.39 is 23.3 Å². The Morgan fingerprint density at radius 3 is 2.79 bits per heavy atom. The molecule has 1 saturated heterocycles. The Balaban J connectivity index is 1.60. The molecule has 2 heterocycles. The van der Waals surface area contributed by atoms with Crippen LogP contribution in [0.2, 0.25) is 0 Å². The lowest BCUT2D eigenvalue weighted by Crippen LogP contribution is -2.49. The van der Waals surface area contributed by atoms with Gasteiger partial charge in [0.05, 0.1) is 12.0 Å². The molecular weight excluding hydrogens is 360 g/mol. The van der Waals surface area contributed by atoms with E-state index in [0.29, 0.717) is 13.0 Å². The number of esters is 1. The fourth-order valence-corrected chi connectivity index (χ4v) is 3.35. The highest BCUT2D eigenvalue weighted by molar-refractivity contribution is 5.83. The molecule has 1 amide bonds. The number of H-pyrrole nitrogens is 1. The van der Waals surface area contributed by atoms with Crippen molar-refractivity contribution >= 4 is 23.0 Å². The number of fused-ring (bicyclic) bond motifs is 1. The maximum atomic E-state index is 12.3. The van der Waals surface area contributed by atoms with Crippen LogP contribution in [0.15, 0.2) is 30.5 Å². The predicted octanol–water partition coefficient (Wildman–Crippen LogP) is 3.22. The first-order chi connectivity index (χ1) is 13.1. The zero-order chi connectivity index (χ0) is 20.5. The molecule has 1 aromatic heterocycles. The largest absolute Gasteiger partial charge is 0.465 e. The molecule has 2 aromatic rings. The van der Waals surface area contributed by atoms with E-state index in [2.05, 4.69) is 4.98 Å². The number of aromatic nitrogens is 1. The summed E-state index contributed by atoms with van der Waals surface area (Å²) in [6.45, 7) is 7.28. The quantitative estimate of drug-likeness (QED) is 0.742. The number of carbonyl (C=O) groups excluding carboxylic acids is 2. The number of benzene rings is 1. The minimum absolute atomic E-state index is 0.0838. The summed E-state index contributed by atoms with van der Waals surface area (Å²) in [7, 11) is 0. The molecule has 7 heteroatoms. The van der Waals surface area contributed by atoms with Crippen LogP contribution >= 0.6 is 0 Å². The molecule has 0 aliphatic carbocycles. The highest BCUT2D eigenvalue weighted by atomic mass is 16.6. The smallest absolute Gasteiger partial charge is 0.412 e. The second-order valence-corrected chi connectivity index (χ2v) is 8.40. The summed E-state index contributed by atoms with van der Waals surface area (Å²) in [6.07, 6.45) is 1.43. The molecule has 152 valence electrons. The van der Waals surface area contributed by atoms with Crippen molar-refractivity contribution < 1.29 is 24.2 Å². The van der Waals surface area contributed by atoms with Crippen molar-refractivity contribution in [2.24, 2.45) is 5.41 Å². The normalized spacial score (nSPS) is 22.5. The molecule has 2 N–H and O–H groups in total. The van der Waals surface area contributed by atoms with Gasteiger partial charge >= 0.3 is 12.1 Å². The van der Waals surface area contributed by atoms with E-state index in [4.69, 9.17) is 9.47 Å². The first-order valence-electron chi connectivity index (χ1n) is 9.53. The van der Waals surface area contributed by atoms with E-state index in [9.17, 15) is 14.7 Å². The van der Waals surface area contributed by atoms with Crippen molar-refractivity contribution in [1.82, 2.24) is 9.88 Å². The van der Waals surface area contributed by atoms with Crippen molar-refractivity contribution in [2.45, 2.75) is 52.4 Å².